The lowest BCUT2D eigenvalue weighted by Gasteiger charge is -2.13. The standard InChI is InChI=1S/C29H27N3O3/c1-2-34-28-18-23(14-15-27(28)35-21-25-13-7-6-12-24(25)19-30)17-26(20-31)29(33)32-16-8-11-22-9-4-3-5-10-22/h3-7,9-10,12-15,17-18H,2,8,11,16,21H2,1H3,(H,32,33)/b26-17-. The average molecular weight is 466 g/mol. The number of carbonyl (C=O) groups excluding carboxylic acids is 1. The molecule has 0 radical (unpaired) electrons. The van der Waals surface area contributed by atoms with Crippen molar-refractivity contribution in [3.8, 4) is 23.6 Å². The summed E-state index contributed by atoms with van der Waals surface area (Å²) in [5.41, 5.74) is 3.20. The Morgan fingerprint density at radius 1 is 0.971 bits per heavy atom. The highest BCUT2D eigenvalue weighted by Gasteiger charge is 2.12. The van der Waals surface area contributed by atoms with Crippen LogP contribution in [0.3, 0.4) is 0 Å². The molecule has 0 aliphatic rings. The van der Waals surface area contributed by atoms with Crippen LogP contribution in [0.5, 0.6) is 11.5 Å². The Labute approximate surface area is 206 Å². The summed E-state index contributed by atoms with van der Waals surface area (Å²) in [5.74, 6) is 0.601. The zero-order valence-electron chi connectivity index (χ0n) is 19.7. The molecule has 3 aromatic carbocycles. The SMILES string of the molecule is CCOc1cc(/C=C(/C#N)C(=O)NCCCc2ccccc2)ccc1OCc1ccccc1C#N. The first-order valence-electron chi connectivity index (χ1n) is 11.5. The maximum Gasteiger partial charge on any atom is 0.261 e. The van der Waals surface area contributed by atoms with Crippen LogP contribution in [0.15, 0.2) is 78.4 Å². The number of benzene rings is 3. The molecule has 0 aromatic heterocycles. The zero-order valence-corrected chi connectivity index (χ0v) is 19.7. The van der Waals surface area contributed by atoms with Crippen LogP contribution in [0.1, 0.15) is 35.6 Å². The van der Waals surface area contributed by atoms with Gasteiger partial charge in [0.2, 0.25) is 0 Å². The molecular weight excluding hydrogens is 438 g/mol. The van der Waals surface area contributed by atoms with Crippen LogP contribution in [0, 0.1) is 22.7 Å². The minimum atomic E-state index is -0.410. The molecule has 0 spiro atoms. The Bertz CT molecular complexity index is 1250. The van der Waals surface area contributed by atoms with Gasteiger partial charge in [-0.15, -0.1) is 0 Å². The van der Waals surface area contributed by atoms with Gasteiger partial charge in [-0.2, -0.15) is 10.5 Å². The highest BCUT2D eigenvalue weighted by atomic mass is 16.5. The summed E-state index contributed by atoms with van der Waals surface area (Å²) in [6.07, 6.45) is 3.17. The monoisotopic (exact) mass is 465 g/mol. The van der Waals surface area contributed by atoms with E-state index < -0.39 is 5.91 Å². The Hall–Kier alpha value is -4.55. The van der Waals surface area contributed by atoms with E-state index in [9.17, 15) is 15.3 Å². The number of nitrogens with zero attached hydrogens (tertiary/aromatic N) is 2. The van der Waals surface area contributed by atoms with E-state index >= 15 is 0 Å². The largest absolute Gasteiger partial charge is 0.490 e. The molecule has 1 amide bonds. The second-order valence-corrected chi connectivity index (χ2v) is 7.71. The van der Waals surface area contributed by atoms with Crippen molar-refractivity contribution in [3.05, 3.63) is 101 Å². The van der Waals surface area contributed by atoms with Crippen LogP contribution in [-0.2, 0) is 17.8 Å². The van der Waals surface area contributed by atoms with Gasteiger partial charge in [-0.3, -0.25) is 4.79 Å². The van der Waals surface area contributed by atoms with Crippen molar-refractivity contribution in [3.63, 3.8) is 0 Å². The maximum absolute atomic E-state index is 12.5. The molecule has 35 heavy (non-hydrogen) atoms. The average Bonchev–Trinajstić information content (AvgIpc) is 2.90. The molecule has 0 aliphatic carbocycles. The number of nitriles is 2. The normalized spacial score (nSPS) is 10.7. The van der Waals surface area contributed by atoms with Crippen LogP contribution in [0.4, 0.5) is 0 Å². The van der Waals surface area contributed by atoms with Crippen LogP contribution in [0.2, 0.25) is 0 Å². The first kappa shape index (κ1) is 25.1. The van der Waals surface area contributed by atoms with E-state index in [0.717, 1.165) is 18.4 Å². The molecule has 3 aromatic rings. The van der Waals surface area contributed by atoms with Crippen molar-refractivity contribution in [1.29, 1.82) is 10.5 Å². The number of ether oxygens (including phenoxy) is 2. The predicted molar refractivity (Wildman–Crippen MR) is 134 cm³/mol. The van der Waals surface area contributed by atoms with Crippen LogP contribution >= 0.6 is 0 Å². The quantitative estimate of drug-likeness (QED) is 0.239. The number of carbonyl (C=O) groups is 1. The second kappa shape index (κ2) is 13.2. The third-order valence-electron chi connectivity index (χ3n) is 5.24. The first-order valence-corrected chi connectivity index (χ1v) is 11.5. The van der Waals surface area contributed by atoms with Gasteiger partial charge >= 0.3 is 0 Å². The van der Waals surface area contributed by atoms with Gasteiger partial charge in [0.15, 0.2) is 11.5 Å². The van der Waals surface area contributed by atoms with E-state index in [1.807, 2.05) is 55.5 Å². The van der Waals surface area contributed by atoms with E-state index in [4.69, 9.17) is 9.47 Å². The maximum atomic E-state index is 12.5. The molecule has 0 atom stereocenters. The topological polar surface area (TPSA) is 95.1 Å². The third kappa shape index (κ3) is 7.48. The molecule has 0 saturated carbocycles. The summed E-state index contributed by atoms with van der Waals surface area (Å²) < 4.78 is 11.6. The van der Waals surface area contributed by atoms with Crippen molar-refractivity contribution < 1.29 is 14.3 Å². The van der Waals surface area contributed by atoms with Crippen LogP contribution < -0.4 is 14.8 Å². The van der Waals surface area contributed by atoms with Gasteiger partial charge in [0.1, 0.15) is 18.2 Å². The molecule has 3 rings (SSSR count). The van der Waals surface area contributed by atoms with Crippen molar-refractivity contribution >= 4 is 12.0 Å². The Morgan fingerprint density at radius 3 is 2.49 bits per heavy atom. The van der Waals surface area contributed by atoms with Crippen molar-refractivity contribution in [2.75, 3.05) is 13.2 Å². The van der Waals surface area contributed by atoms with E-state index in [1.54, 1.807) is 30.3 Å². The lowest BCUT2D eigenvalue weighted by molar-refractivity contribution is -0.117. The van der Waals surface area contributed by atoms with Crippen molar-refractivity contribution in [2.45, 2.75) is 26.4 Å². The molecule has 0 unspecified atom stereocenters. The fourth-order valence-electron chi connectivity index (χ4n) is 3.46. The first-order chi connectivity index (χ1) is 17.1. The molecular formula is C29H27N3O3. The fraction of sp³-hybridized carbons (Fsp3) is 0.207. The summed E-state index contributed by atoms with van der Waals surface area (Å²) >= 11 is 0. The van der Waals surface area contributed by atoms with Crippen LogP contribution in [0.25, 0.3) is 6.08 Å². The number of rotatable bonds is 11. The van der Waals surface area contributed by atoms with Gasteiger partial charge in [-0.1, -0.05) is 54.6 Å². The number of nitrogens with one attached hydrogen (secondary N) is 1. The van der Waals surface area contributed by atoms with Crippen molar-refractivity contribution in [1.82, 2.24) is 5.32 Å². The lowest BCUT2D eigenvalue weighted by atomic mass is 10.1. The number of hydrogen-bond donors (Lipinski definition) is 1. The molecule has 6 nitrogen and oxygen atoms in total. The minimum Gasteiger partial charge on any atom is -0.490 e. The van der Waals surface area contributed by atoms with Gasteiger partial charge < -0.3 is 14.8 Å². The van der Waals surface area contributed by atoms with E-state index in [2.05, 4.69) is 11.4 Å². The Balaban J connectivity index is 1.65. The summed E-state index contributed by atoms with van der Waals surface area (Å²) in [6, 6.07) is 26.7. The van der Waals surface area contributed by atoms with Gasteiger partial charge in [-0.05, 0) is 55.2 Å². The van der Waals surface area contributed by atoms with E-state index in [-0.39, 0.29) is 12.2 Å². The van der Waals surface area contributed by atoms with Gasteiger partial charge in [-0.25, -0.2) is 0 Å². The summed E-state index contributed by atoms with van der Waals surface area (Å²) in [6.45, 7) is 2.98. The highest BCUT2D eigenvalue weighted by molar-refractivity contribution is 6.01. The third-order valence-corrected chi connectivity index (χ3v) is 5.24. The number of amides is 1. The molecule has 0 saturated heterocycles. The van der Waals surface area contributed by atoms with Gasteiger partial charge in [0.25, 0.3) is 5.91 Å². The van der Waals surface area contributed by atoms with E-state index in [0.29, 0.717) is 35.8 Å². The molecule has 0 heterocycles. The zero-order chi connectivity index (χ0) is 24.9. The van der Waals surface area contributed by atoms with Gasteiger partial charge in [0, 0.05) is 12.1 Å². The Kier molecular flexibility index (Phi) is 9.48. The number of aryl methyl sites for hydroxylation is 1. The molecule has 176 valence electrons. The molecule has 1 N–H and O–H groups in total. The van der Waals surface area contributed by atoms with Crippen molar-refractivity contribution in [2.24, 2.45) is 0 Å². The smallest absolute Gasteiger partial charge is 0.261 e. The van der Waals surface area contributed by atoms with E-state index in [1.165, 1.54) is 11.6 Å². The fourth-order valence-corrected chi connectivity index (χ4v) is 3.46. The molecule has 6 heteroatoms. The predicted octanol–water partition coefficient (Wildman–Crippen LogP) is 5.19. The molecule has 0 fully saturated rings. The van der Waals surface area contributed by atoms with Gasteiger partial charge in [0.05, 0.1) is 18.2 Å². The highest BCUT2D eigenvalue weighted by Crippen LogP contribution is 2.30. The Morgan fingerprint density at radius 2 is 1.74 bits per heavy atom. The minimum absolute atomic E-state index is 0.0174. The summed E-state index contributed by atoms with van der Waals surface area (Å²) in [4.78, 5) is 12.5. The summed E-state index contributed by atoms with van der Waals surface area (Å²) in [7, 11) is 0. The number of hydrogen-bond acceptors (Lipinski definition) is 5. The van der Waals surface area contributed by atoms with Crippen LogP contribution in [-0.4, -0.2) is 19.1 Å². The molecule has 0 bridgehead atoms. The lowest BCUT2D eigenvalue weighted by Crippen LogP contribution is -2.25. The second-order valence-electron chi connectivity index (χ2n) is 7.71. The molecule has 0 aliphatic heterocycles. The summed E-state index contributed by atoms with van der Waals surface area (Å²) in [5, 5.41) is 21.6.